The molecule has 3 N–H and O–H groups in total. The Balaban J connectivity index is 1.87. The van der Waals surface area contributed by atoms with E-state index in [0.29, 0.717) is 6.54 Å². The summed E-state index contributed by atoms with van der Waals surface area (Å²) < 4.78 is 38.7. The normalized spacial score (nSPS) is 18.4. The first-order valence-electron chi connectivity index (χ1n) is 8.11. The lowest BCUT2D eigenvalue weighted by Crippen LogP contribution is -2.42. The van der Waals surface area contributed by atoms with E-state index < -0.39 is 23.2 Å². The Morgan fingerprint density at radius 3 is 2.54 bits per heavy atom. The molecule has 1 amide bonds. The maximum Gasteiger partial charge on any atom is 0.418 e. The number of para-hydroxylation sites is 1. The van der Waals surface area contributed by atoms with Crippen molar-refractivity contribution in [3.05, 3.63) is 29.8 Å². The first kappa shape index (κ1) is 18.7. The van der Waals surface area contributed by atoms with Gasteiger partial charge in [0, 0.05) is 19.0 Å². The molecule has 1 aromatic rings. The van der Waals surface area contributed by atoms with Crippen LogP contribution in [0.25, 0.3) is 0 Å². The van der Waals surface area contributed by atoms with Crippen molar-refractivity contribution in [1.29, 1.82) is 0 Å². The fraction of sp³-hybridized carbons (Fsp3) is 0.588. The molecule has 1 aromatic carbocycles. The quantitative estimate of drug-likeness (QED) is 0.742. The number of halogens is 3. The molecule has 0 bridgehead atoms. The van der Waals surface area contributed by atoms with Crippen molar-refractivity contribution in [3.8, 4) is 0 Å². The van der Waals surface area contributed by atoms with E-state index >= 15 is 0 Å². The van der Waals surface area contributed by atoms with E-state index in [1.165, 1.54) is 18.2 Å². The Morgan fingerprint density at radius 2 is 1.92 bits per heavy atom. The molecule has 0 aromatic heterocycles. The number of hydrogen-bond acceptors (Lipinski definition) is 3. The van der Waals surface area contributed by atoms with Crippen LogP contribution in [-0.4, -0.2) is 29.2 Å². The highest BCUT2D eigenvalue weighted by Crippen LogP contribution is 2.34. The van der Waals surface area contributed by atoms with Crippen molar-refractivity contribution >= 4 is 11.6 Å². The summed E-state index contributed by atoms with van der Waals surface area (Å²) in [5.41, 5.74) is -1.83. The summed E-state index contributed by atoms with van der Waals surface area (Å²) in [6.07, 6.45) is -1.04. The first-order chi connectivity index (χ1) is 11.2. The van der Waals surface area contributed by atoms with Gasteiger partial charge in [0.25, 0.3) is 0 Å². The number of carbonyl (C=O) groups is 1. The molecule has 0 radical (unpaired) electrons. The summed E-state index contributed by atoms with van der Waals surface area (Å²) in [5, 5.41) is 15.7. The second-order valence-electron chi connectivity index (χ2n) is 6.51. The number of nitrogens with one attached hydrogen (secondary N) is 2. The Bertz CT molecular complexity index is 569. The third kappa shape index (κ3) is 5.21. The topological polar surface area (TPSA) is 61.4 Å². The van der Waals surface area contributed by atoms with Crippen LogP contribution in [0.15, 0.2) is 24.3 Å². The van der Waals surface area contributed by atoms with E-state index in [1.54, 1.807) is 6.92 Å². The number of aliphatic hydroxyl groups is 1. The maximum absolute atomic E-state index is 12.9. The highest BCUT2D eigenvalue weighted by Gasteiger charge is 2.34. The van der Waals surface area contributed by atoms with Gasteiger partial charge in [-0.3, -0.25) is 4.79 Å². The Kier molecular flexibility index (Phi) is 5.87. The molecule has 1 fully saturated rings. The summed E-state index contributed by atoms with van der Waals surface area (Å²) in [6, 6.07) is 4.66. The Hall–Kier alpha value is -1.60. The van der Waals surface area contributed by atoms with Crippen molar-refractivity contribution in [2.75, 3.05) is 11.9 Å². The van der Waals surface area contributed by atoms with Crippen molar-refractivity contribution in [1.82, 2.24) is 5.32 Å². The standard InChI is InChI=1S/C17H23F3N2O2/c1-12(21-11-16(24)8-4-5-9-16)10-15(23)22-14-7-3-2-6-13(14)17(18,19)20/h2-3,6-7,12,21,24H,4-5,8-11H2,1H3,(H,22,23). The van der Waals surface area contributed by atoms with Gasteiger partial charge in [-0.15, -0.1) is 0 Å². The highest BCUT2D eigenvalue weighted by molar-refractivity contribution is 5.92. The van der Waals surface area contributed by atoms with Gasteiger partial charge in [0.15, 0.2) is 0 Å². The number of rotatable bonds is 6. The maximum atomic E-state index is 12.9. The van der Waals surface area contributed by atoms with E-state index in [2.05, 4.69) is 10.6 Å². The van der Waals surface area contributed by atoms with Gasteiger partial charge in [0.05, 0.1) is 16.9 Å². The number of carbonyl (C=O) groups excluding carboxylic acids is 1. The van der Waals surface area contributed by atoms with Gasteiger partial charge in [-0.25, -0.2) is 0 Å². The van der Waals surface area contributed by atoms with Crippen LogP contribution in [0.4, 0.5) is 18.9 Å². The van der Waals surface area contributed by atoms with Crippen LogP contribution in [0.1, 0.15) is 44.6 Å². The summed E-state index contributed by atoms with van der Waals surface area (Å²) in [6.45, 7) is 2.16. The van der Waals surface area contributed by atoms with Gasteiger partial charge in [0.1, 0.15) is 0 Å². The van der Waals surface area contributed by atoms with Crippen LogP contribution in [0.5, 0.6) is 0 Å². The molecule has 0 spiro atoms. The SMILES string of the molecule is CC(CC(=O)Nc1ccccc1C(F)(F)F)NCC1(O)CCCC1. The molecule has 0 saturated heterocycles. The molecule has 1 saturated carbocycles. The average molecular weight is 344 g/mol. The molecule has 134 valence electrons. The van der Waals surface area contributed by atoms with Crippen molar-refractivity contribution in [2.45, 2.75) is 56.8 Å². The Labute approximate surface area is 139 Å². The van der Waals surface area contributed by atoms with Crippen LogP contribution in [0.3, 0.4) is 0 Å². The number of alkyl halides is 3. The lowest BCUT2D eigenvalue weighted by Gasteiger charge is -2.25. The van der Waals surface area contributed by atoms with E-state index in [4.69, 9.17) is 0 Å². The van der Waals surface area contributed by atoms with E-state index in [-0.39, 0.29) is 18.2 Å². The third-order valence-electron chi connectivity index (χ3n) is 4.31. The zero-order valence-corrected chi connectivity index (χ0v) is 13.6. The van der Waals surface area contributed by atoms with Crippen LogP contribution in [0, 0.1) is 0 Å². The molecule has 2 rings (SSSR count). The number of benzene rings is 1. The minimum atomic E-state index is -4.51. The fourth-order valence-electron chi connectivity index (χ4n) is 2.96. The summed E-state index contributed by atoms with van der Waals surface area (Å²) >= 11 is 0. The van der Waals surface area contributed by atoms with Crippen molar-refractivity contribution < 1.29 is 23.1 Å². The number of anilines is 1. The van der Waals surface area contributed by atoms with Crippen LogP contribution in [0.2, 0.25) is 0 Å². The lowest BCUT2D eigenvalue weighted by molar-refractivity contribution is -0.137. The molecule has 1 aliphatic rings. The molecular weight excluding hydrogens is 321 g/mol. The molecule has 24 heavy (non-hydrogen) atoms. The second-order valence-corrected chi connectivity index (χ2v) is 6.51. The lowest BCUT2D eigenvalue weighted by atomic mass is 10.0. The van der Waals surface area contributed by atoms with Crippen molar-refractivity contribution in [3.63, 3.8) is 0 Å². The first-order valence-corrected chi connectivity index (χ1v) is 8.11. The minimum absolute atomic E-state index is 0.0300. The fourth-order valence-corrected chi connectivity index (χ4v) is 2.96. The molecular formula is C17H23F3N2O2. The summed E-state index contributed by atoms with van der Waals surface area (Å²) in [5.74, 6) is -0.495. The summed E-state index contributed by atoms with van der Waals surface area (Å²) in [7, 11) is 0. The molecule has 0 aliphatic heterocycles. The van der Waals surface area contributed by atoms with E-state index in [0.717, 1.165) is 31.7 Å². The second kappa shape index (κ2) is 7.53. The number of amides is 1. The van der Waals surface area contributed by atoms with Crippen LogP contribution < -0.4 is 10.6 Å². The van der Waals surface area contributed by atoms with Gasteiger partial charge in [-0.05, 0) is 31.9 Å². The molecule has 4 nitrogen and oxygen atoms in total. The zero-order valence-electron chi connectivity index (χ0n) is 13.6. The monoisotopic (exact) mass is 344 g/mol. The van der Waals surface area contributed by atoms with Gasteiger partial charge >= 0.3 is 6.18 Å². The van der Waals surface area contributed by atoms with Gasteiger partial charge in [-0.2, -0.15) is 13.2 Å². The third-order valence-corrected chi connectivity index (χ3v) is 4.31. The Morgan fingerprint density at radius 1 is 1.29 bits per heavy atom. The minimum Gasteiger partial charge on any atom is -0.389 e. The molecule has 7 heteroatoms. The van der Waals surface area contributed by atoms with E-state index in [1.807, 2.05) is 0 Å². The highest BCUT2D eigenvalue weighted by atomic mass is 19.4. The van der Waals surface area contributed by atoms with Crippen molar-refractivity contribution in [2.24, 2.45) is 0 Å². The molecule has 1 unspecified atom stereocenters. The smallest absolute Gasteiger partial charge is 0.389 e. The van der Waals surface area contributed by atoms with E-state index in [9.17, 15) is 23.1 Å². The average Bonchev–Trinajstić information content (AvgIpc) is 2.92. The van der Waals surface area contributed by atoms with Crippen LogP contribution >= 0.6 is 0 Å². The van der Waals surface area contributed by atoms with Gasteiger partial charge in [0.2, 0.25) is 5.91 Å². The zero-order chi connectivity index (χ0) is 17.8. The molecule has 1 aliphatic carbocycles. The predicted molar refractivity (Wildman–Crippen MR) is 85.6 cm³/mol. The molecule has 1 atom stereocenters. The van der Waals surface area contributed by atoms with Gasteiger partial charge in [-0.1, -0.05) is 25.0 Å². The van der Waals surface area contributed by atoms with Gasteiger partial charge < -0.3 is 15.7 Å². The van der Waals surface area contributed by atoms with Crippen LogP contribution in [-0.2, 0) is 11.0 Å². The summed E-state index contributed by atoms with van der Waals surface area (Å²) in [4.78, 5) is 12.0. The number of hydrogen-bond donors (Lipinski definition) is 3. The largest absolute Gasteiger partial charge is 0.418 e. The predicted octanol–water partition coefficient (Wildman–Crippen LogP) is 3.32. The molecule has 0 heterocycles.